The first-order valence-corrected chi connectivity index (χ1v) is 16.2. The number of aromatic nitrogens is 2. The van der Waals surface area contributed by atoms with Gasteiger partial charge in [0, 0.05) is 36.8 Å². The van der Waals surface area contributed by atoms with Gasteiger partial charge in [-0.3, -0.25) is 10.3 Å². The largest absolute Gasteiger partial charge is 0.379 e. The van der Waals surface area contributed by atoms with Crippen LogP contribution >= 0.6 is 40.5 Å². The Labute approximate surface area is 272 Å². The molecule has 1 fully saturated rings. The number of nitrogens with two attached hydrogens (primary N) is 1. The number of nitrogens with one attached hydrogen (secondary N) is 1. The summed E-state index contributed by atoms with van der Waals surface area (Å²) < 4.78 is 5.42. The number of benzene rings is 2. The van der Waals surface area contributed by atoms with Crippen LogP contribution in [0.25, 0.3) is 0 Å². The summed E-state index contributed by atoms with van der Waals surface area (Å²) in [5.41, 5.74) is 13.0. The molecular formula is C33H48BrN5OS2. The highest BCUT2D eigenvalue weighted by Crippen LogP contribution is 2.26. The van der Waals surface area contributed by atoms with Gasteiger partial charge in [0.2, 0.25) is 0 Å². The molecule has 0 aliphatic carbocycles. The van der Waals surface area contributed by atoms with Crippen molar-refractivity contribution in [3.8, 4) is 0 Å². The number of thioether (sulfide) groups is 2. The van der Waals surface area contributed by atoms with Gasteiger partial charge in [-0.1, -0.05) is 114 Å². The molecule has 0 saturated carbocycles. The second kappa shape index (κ2) is 16.8. The van der Waals surface area contributed by atoms with Crippen molar-refractivity contribution in [2.45, 2.75) is 82.5 Å². The van der Waals surface area contributed by atoms with E-state index in [4.69, 9.17) is 20.9 Å². The van der Waals surface area contributed by atoms with Gasteiger partial charge in [-0.25, -0.2) is 9.97 Å². The smallest absolute Gasteiger partial charge is 0.188 e. The van der Waals surface area contributed by atoms with Gasteiger partial charge in [-0.2, -0.15) is 0 Å². The highest BCUT2D eigenvalue weighted by atomic mass is 79.9. The van der Waals surface area contributed by atoms with E-state index < -0.39 is 0 Å². The lowest BCUT2D eigenvalue weighted by molar-refractivity contribution is 0.0335. The van der Waals surface area contributed by atoms with Gasteiger partial charge in [-0.15, -0.1) is 17.0 Å². The molecule has 42 heavy (non-hydrogen) atoms. The molecule has 3 aromatic rings. The summed E-state index contributed by atoms with van der Waals surface area (Å²) in [6, 6.07) is 19.5. The van der Waals surface area contributed by atoms with E-state index in [0.717, 1.165) is 60.9 Å². The lowest BCUT2D eigenvalue weighted by Gasteiger charge is -2.26. The minimum atomic E-state index is 0. The molecule has 0 amide bonds. The zero-order valence-electron chi connectivity index (χ0n) is 26.2. The molecule has 230 valence electrons. The topological polar surface area (TPSA) is 88.1 Å². The van der Waals surface area contributed by atoms with E-state index in [2.05, 4.69) is 106 Å². The quantitative estimate of drug-likeness (QED) is 0.114. The van der Waals surface area contributed by atoms with E-state index in [1.165, 1.54) is 34.0 Å². The number of nitrogens with zero attached hydrogens (tertiary/aromatic N) is 3. The first kappa shape index (κ1) is 36.3. The molecule has 9 heteroatoms. The Hall–Kier alpha value is -1.91. The maximum absolute atomic E-state index is 7.13. The minimum absolute atomic E-state index is 0. The Balaban J connectivity index is 0.000000330. The van der Waals surface area contributed by atoms with E-state index in [1.54, 1.807) is 11.8 Å². The van der Waals surface area contributed by atoms with Crippen molar-refractivity contribution in [2.24, 2.45) is 5.73 Å². The van der Waals surface area contributed by atoms with Crippen molar-refractivity contribution in [3.63, 3.8) is 0 Å². The molecule has 4 rings (SSSR count). The van der Waals surface area contributed by atoms with Crippen LogP contribution in [0.15, 0.2) is 59.8 Å². The monoisotopic (exact) mass is 673 g/mol. The number of hydrogen-bond acceptors (Lipinski definition) is 7. The summed E-state index contributed by atoms with van der Waals surface area (Å²) in [5, 5.41) is 8.17. The van der Waals surface area contributed by atoms with Crippen LogP contribution in [0.4, 0.5) is 0 Å². The summed E-state index contributed by atoms with van der Waals surface area (Å²) in [7, 11) is 0. The lowest BCUT2D eigenvalue weighted by Crippen LogP contribution is -2.35. The maximum atomic E-state index is 7.13. The zero-order valence-corrected chi connectivity index (χ0v) is 29.5. The highest BCUT2D eigenvalue weighted by molar-refractivity contribution is 8.93. The predicted octanol–water partition coefficient (Wildman–Crippen LogP) is 7.90. The second-order valence-electron chi connectivity index (χ2n) is 12.5. The molecule has 1 aliphatic rings. The molecule has 3 N–H and O–H groups in total. The molecule has 1 aliphatic heterocycles. The molecule has 2 aromatic carbocycles. The summed E-state index contributed by atoms with van der Waals surface area (Å²) >= 11 is 3.07. The Morgan fingerprint density at radius 1 is 0.857 bits per heavy atom. The Morgan fingerprint density at radius 3 is 1.83 bits per heavy atom. The predicted molar refractivity (Wildman–Crippen MR) is 186 cm³/mol. The fourth-order valence-electron chi connectivity index (χ4n) is 4.25. The second-order valence-corrected chi connectivity index (χ2v) is 14.5. The van der Waals surface area contributed by atoms with Crippen molar-refractivity contribution in [1.82, 2.24) is 14.9 Å². The van der Waals surface area contributed by atoms with Gasteiger partial charge >= 0.3 is 0 Å². The molecule has 2 heterocycles. The fraction of sp³-hybridized carbons (Fsp3) is 0.485. The van der Waals surface area contributed by atoms with Gasteiger partial charge in [-0.05, 0) is 46.1 Å². The van der Waals surface area contributed by atoms with E-state index in [9.17, 15) is 0 Å². The first-order valence-electron chi connectivity index (χ1n) is 14.2. The average molecular weight is 675 g/mol. The molecule has 0 atom stereocenters. The Bertz CT molecular complexity index is 1250. The van der Waals surface area contributed by atoms with Crippen LogP contribution in [0, 0.1) is 12.3 Å². The van der Waals surface area contributed by atoms with Crippen LogP contribution in [0.1, 0.15) is 75.2 Å². The molecule has 0 unspecified atom stereocenters. The van der Waals surface area contributed by atoms with Crippen molar-refractivity contribution in [3.05, 3.63) is 88.2 Å². The highest BCUT2D eigenvalue weighted by Gasteiger charge is 2.15. The molecule has 0 bridgehead atoms. The first-order chi connectivity index (χ1) is 19.3. The molecule has 1 aromatic heterocycles. The van der Waals surface area contributed by atoms with E-state index in [-0.39, 0.29) is 33.0 Å². The molecule has 6 nitrogen and oxygen atoms in total. The van der Waals surface area contributed by atoms with Crippen molar-refractivity contribution in [1.29, 1.82) is 5.41 Å². The summed E-state index contributed by atoms with van der Waals surface area (Å²) in [5.74, 6) is 1.67. The van der Waals surface area contributed by atoms with E-state index in [1.807, 2.05) is 6.92 Å². The maximum Gasteiger partial charge on any atom is 0.188 e. The summed E-state index contributed by atoms with van der Waals surface area (Å²) in [6.45, 7) is 19.8. The van der Waals surface area contributed by atoms with Gasteiger partial charge in [0.25, 0.3) is 0 Å². The van der Waals surface area contributed by atoms with Crippen molar-refractivity contribution >= 4 is 45.7 Å². The number of halogens is 1. The summed E-state index contributed by atoms with van der Waals surface area (Å²) in [6.07, 6.45) is 0. The molecule has 0 spiro atoms. The van der Waals surface area contributed by atoms with Crippen LogP contribution in [-0.4, -0.2) is 46.3 Å². The van der Waals surface area contributed by atoms with Gasteiger partial charge in [0.1, 0.15) is 0 Å². The van der Waals surface area contributed by atoms with Crippen LogP contribution < -0.4 is 5.73 Å². The third kappa shape index (κ3) is 12.8. The van der Waals surface area contributed by atoms with Crippen LogP contribution in [0.5, 0.6) is 0 Å². The van der Waals surface area contributed by atoms with Crippen LogP contribution in [0.2, 0.25) is 0 Å². The normalized spacial score (nSPS) is 14.0. The fourth-order valence-corrected chi connectivity index (χ4v) is 5.64. The lowest BCUT2D eigenvalue weighted by atomic mass is 9.87. The number of aryl methyl sites for hydroxylation is 1. The van der Waals surface area contributed by atoms with Crippen LogP contribution in [0.3, 0.4) is 0 Å². The number of rotatable bonds is 7. The minimum Gasteiger partial charge on any atom is -0.379 e. The standard InChI is InChI=1S/C21H29N3OS.C12H18N2S.BrH/c1-16-13-19(14-24-9-11-25-12-10-24)23-20(22-16)26-15-17-5-7-18(8-6-17)21(2,3)4;1-12(2,3)10-6-4-9(5-7-10)8-15-11(13)14;/h5-8,13H,9-12,14-15H2,1-4H3;4-7H,8H2,1-3H3,(H3,13,14);1H. The van der Waals surface area contributed by atoms with Gasteiger partial charge in [0.05, 0.1) is 18.9 Å². The van der Waals surface area contributed by atoms with Crippen molar-refractivity contribution in [2.75, 3.05) is 26.3 Å². The number of ether oxygens (including phenoxy) is 1. The molecular weight excluding hydrogens is 626 g/mol. The SMILES string of the molecule is Br.CC(C)(C)c1ccc(CSC(=N)N)cc1.Cc1cc(CN2CCOCC2)nc(SCc2ccc(C(C)(C)C)cc2)n1. The summed E-state index contributed by atoms with van der Waals surface area (Å²) in [4.78, 5) is 11.8. The number of morpholine rings is 1. The third-order valence-corrected chi connectivity index (χ3v) is 8.49. The average Bonchev–Trinajstić information content (AvgIpc) is 2.91. The van der Waals surface area contributed by atoms with E-state index >= 15 is 0 Å². The Morgan fingerprint density at radius 2 is 1.36 bits per heavy atom. The molecule has 1 saturated heterocycles. The number of hydrogen-bond donors (Lipinski definition) is 2. The third-order valence-electron chi connectivity index (χ3n) is 6.78. The van der Waals surface area contributed by atoms with Gasteiger partial charge in [0.15, 0.2) is 10.3 Å². The Kier molecular flexibility index (Phi) is 14.5. The zero-order chi connectivity index (χ0) is 30.0. The molecule has 0 radical (unpaired) electrons. The van der Waals surface area contributed by atoms with E-state index in [0.29, 0.717) is 0 Å². The van der Waals surface area contributed by atoms with Crippen LogP contribution in [-0.2, 0) is 33.6 Å². The van der Waals surface area contributed by atoms with Crippen molar-refractivity contribution < 1.29 is 4.74 Å². The number of amidine groups is 1. The van der Waals surface area contributed by atoms with Gasteiger partial charge < -0.3 is 10.5 Å².